The lowest BCUT2D eigenvalue weighted by Gasteiger charge is -2.45. The predicted octanol–water partition coefficient (Wildman–Crippen LogP) is 3.76. The minimum atomic E-state index is -0.569. The summed E-state index contributed by atoms with van der Waals surface area (Å²) in [6.45, 7) is 3.93. The first-order valence-electron chi connectivity index (χ1n) is 9.88. The number of rotatable bonds is 5. The van der Waals surface area contributed by atoms with Gasteiger partial charge in [-0.25, -0.2) is 14.8 Å². The fourth-order valence-electron chi connectivity index (χ4n) is 4.18. The van der Waals surface area contributed by atoms with Crippen molar-refractivity contribution in [3.05, 3.63) is 97.9 Å². The molecule has 0 unspecified atom stereocenters. The van der Waals surface area contributed by atoms with Crippen molar-refractivity contribution in [1.82, 2.24) is 24.3 Å². The van der Waals surface area contributed by atoms with E-state index in [9.17, 15) is 9.59 Å². The van der Waals surface area contributed by atoms with Crippen LogP contribution in [-0.4, -0.2) is 24.3 Å². The Hall–Kier alpha value is -3.23. The number of pyridine rings is 1. The summed E-state index contributed by atoms with van der Waals surface area (Å²) >= 11 is 12.1. The van der Waals surface area contributed by atoms with Crippen molar-refractivity contribution >= 4 is 34.2 Å². The zero-order valence-corrected chi connectivity index (χ0v) is 18.3. The molecule has 162 valence electrons. The van der Waals surface area contributed by atoms with Crippen LogP contribution in [0.3, 0.4) is 0 Å². The van der Waals surface area contributed by atoms with Crippen LogP contribution in [0.4, 0.5) is 0 Å². The smallest absolute Gasteiger partial charge is 0.390 e. The third-order valence-corrected chi connectivity index (χ3v) is 6.51. The number of hydrogen-bond donors (Lipinski definition) is 0. The number of aromatic nitrogens is 5. The molecule has 0 N–H and O–H groups in total. The average Bonchev–Trinajstić information content (AvgIpc) is 3.11. The van der Waals surface area contributed by atoms with Crippen LogP contribution in [0.2, 0.25) is 10.0 Å². The van der Waals surface area contributed by atoms with Crippen molar-refractivity contribution in [3.63, 3.8) is 0 Å². The van der Waals surface area contributed by atoms with Gasteiger partial charge in [-0.1, -0.05) is 41.4 Å². The topological polar surface area (TPSA) is 95.8 Å². The Morgan fingerprint density at radius 3 is 2.62 bits per heavy atom. The highest BCUT2D eigenvalue weighted by molar-refractivity contribution is 6.35. The first-order chi connectivity index (χ1) is 15.4. The maximum absolute atomic E-state index is 12.8. The molecule has 0 amide bonds. The molecular formula is C22H17Cl2N5O3. The summed E-state index contributed by atoms with van der Waals surface area (Å²) in [5.41, 5.74) is 0.700. The Morgan fingerprint density at radius 1 is 1.16 bits per heavy atom. The maximum Gasteiger partial charge on any atom is 0.437 e. The number of halogens is 2. The van der Waals surface area contributed by atoms with Crippen LogP contribution < -0.4 is 11.3 Å². The van der Waals surface area contributed by atoms with Crippen molar-refractivity contribution in [2.45, 2.75) is 30.8 Å². The van der Waals surface area contributed by atoms with Gasteiger partial charge in [-0.3, -0.25) is 9.36 Å². The van der Waals surface area contributed by atoms with Gasteiger partial charge in [0, 0.05) is 16.6 Å². The summed E-state index contributed by atoms with van der Waals surface area (Å²) in [4.78, 5) is 33.4. The van der Waals surface area contributed by atoms with E-state index in [0.29, 0.717) is 17.9 Å². The molecule has 1 aliphatic carbocycles. The normalized spacial score (nSPS) is 20.2. The van der Waals surface area contributed by atoms with Crippen LogP contribution in [-0.2, 0) is 12.0 Å². The summed E-state index contributed by atoms with van der Waals surface area (Å²) in [6.07, 6.45) is 6.02. The number of hydrogen-bond acceptors (Lipinski definition) is 6. The van der Waals surface area contributed by atoms with E-state index < -0.39 is 5.76 Å². The first-order valence-corrected chi connectivity index (χ1v) is 10.6. The number of benzene rings is 1. The quantitative estimate of drug-likeness (QED) is 0.413. The van der Waals surface area contributed by atoms with E-state index in [-0.39, 0.29) is 45.5 Å². The van der Waals surface area contributed by atoms with Crippen molar-refractivity contribution in [2.24, 2.45) is 0 Å². The van der Waals surface area contributed by atoms with Crippen LogP contribution in [0.1, 0.15) is 30.3 Å². The summed E-state index contributed by atoms with van der Waals surface area (Å²) in [6, 6.07) is 9.00. The van der Waals surface area contributed by atoms with Crippen molar-refractivity contribution < 1.29 is 4.42 Å². The third-order valence-electron chi connectivity index (χ3n) is 5.95. The number of fused-ring (bicyclic) bond motifs is 1. The Balaban J connectivity index is 1.39. The fourth-order valence-corrected chi connectivity index (χ4v) is 4.53. The summed E-state index contributed by atoms with van der Waals surface area (Å²) < 4.78 is 7.93. The van der Waals surface area contributed by atoms with Crippen LogP contribution in [0.5, 0.6) is 0 Å². The van der Waals surface area contributed by atoms with Gasteiger partial charge in [-0.15, -0.1) is 11.7 Å². The molecule has 3 heterocycles. The molecule has 1 saturated carbocycles. The fraction of sp³-hybridized carbons (Fsp3) is 0.227. The Morgan fingerprint density at radius 2 is 1.91 bits per heavy atom. The van der Waals surface area contributed by atoms with E-state index >= 15 is 0 Å². The lowest BCUT2D eigenvalue weighted by atomic mass is 9.62. The van der Waals surface area contributed by atoms with Gasteiger partial charge in [0.05, 0.1) is 11.1 Å². The average molecular weight is 470 g/mol. The highest BCUT2D eigenvalue weighted by Gasteiger charge is 2.45. The Labute approximate surface area is 191 Å². The van der Waals surface area contributed by atoms with Crippen LogP contribution in [0, 0.1) is 0 Å². The zero-order valence-electron chi connectivity index (χ0n) is 16.7. The van der Waals surface area contributed by atoms with Gasteiger partial charge in [0.1, 0.15) is 18.3 Å². The van der Waals surface area contributed by atoms with E-state index in [0.717, 1.165) is 5.56 Å². The van der Waals surface area contributed by atoms with Crippen molar-refractivity contribution in [2.75, 3.05) is 0 Å². The van der Waals surface area contributed by atoms with E-state index in [4.69, 9.17) is 27.6 Å². The van der Waals surface area contributed by atoms with Gasteiger partial charge >= 0.3 is 5.76 Å². The summed E-state index contributed by atoms with van der Waals surface area (Å²) in [5, 5.41) is 5.45. The van der Waals surface area contributed by atoms with Crippen LogP contribution in [0.15, 0.2) is 69.5 Å². The molecule has 1 aliphatic rings. The summed E-state index contributed by atoms with van der Waals surface area (Å²) in [7, 11) is 0. The molecule has 4 aromatic rings. The van der Waals surface area contributed by atoms with E-state index in [1.165, 1.54) is 27.8 Å². The molecule has 0 radical (unpaired) electrons. The first kappa shape index (κ1) is 20.7. The van der Waals surface area contributed by atoms with Gasteiger partial charge in [0.2, 0.25) is 5.89 Å². The highest BCUT2D eigenvalue weighted by Crippen LogP contribution is 2.50. The van der Waals surface area contributed by atoms with E-state index in [1.807, 2.05) is 30.3 Å². The van der Waals surface area contributed by atoms with Gasteiger partial charge in [-0.2, -0.15) is 4.68 Å². The lowest BCUT2D eigenvalue weighted by molar-refractivity contribution is 0.172. The number of nitrogens with zero attached hydrogens (tertiary/aromatic N) is 5. The minimum Gasteiger partial charge on any atom is -0.390 e. The van der Waals surface area contributed by atoms with Crippen molar-refractivity contribution in [1.29, 1.82) is 0 Å². The van der Waals surface area contributed by atoms with Crippen LogP contribution in [0.25, 0.3) is 11.0 Å². The molecule has 1 aromatic carbocycles. The van der Waals surface area contributed by atoms with Crippen LogP contribution >= 0.6 is 23.2 Å². The Kier molecular flexibility index (Phi) is 4.98. The molecule has 0 saturated heterocycles. The van der Waals surface area contributed by atoms with E-state index in [1.54, 1.807) is 0 Å². The molecular weight excluding hydrogens is 453 g/mol. The molecule has 0 atom stereocenters. The molecule has 0 bridgehead atoms. The summed E-state index contributed by atoms with van der Waals surface area (Å²) in [5.74, 6) is -0.457. The second-order valence-electron chi connectivity index (χ2n) is 7.80. The SMILES string of the molecule is C=C[C@]1(c2ccc(Cl)cc2)C[C@H](n2nc(Cn3cnc4nccc(Cl)c4c3=O)oc2=O)C1. The largest absolute Gasteiger partial charge is 0.437 e. The highest BCUT2D eigenvalue weighted by atomic mass is 35.5. The van der Waals surface area contributed by atoms with Gasteiger partial charge in [-0.05, 0) is 36.6 Å². The van der Waals surface area contributed by atoms with Gasteiger partial charge in [0.15, 0.2) is 5.65 Å². The Bertz CT molecular complexity index is 1450. The molecule has 0 spiro atoms. The zero-order chi connectivity index (χ0) is 22.5. The second-order valence-corrected chi connectivity index (χ2v) is 8.65. The molecule has 3 aromatic heterocycles. The molecule has 0 aliphatic heterocycles. The predicted molar refractivity (Wildman–Crippen MR) is 120 cm³/mol. The molecule has 10 heteroatoms. The molecule has 5 rings (SSSR count). The molecule has 8 nitrogen and oxygen atoms in total. The van der Waals surface area contributed by atoms with Gasteiger partial charge in [0.25, 0.3) is 5.56 Å². The monoisotopic (exact) mass is 469 g/mol. The van der Waals surface area contributed by atoms with Gasteiger partial charge < -0.3 is 4.42 Å². The maximum atomic E-state index is 12.8. The van der Waals surface area contributed by atoms with Crippen molar-refractivity contribution in [3.8, 4) is 0 Å². The molecule has 1 fully saturated rings. The molecule has 32 heavy (non-hydrogen) atoms. The lowest BCUT2D eigenvalue weighted by Crippen LogP contribution is -2.43. The second kappa shape index (κ2) is 7.72. The van der Waals surface area contributed by atoms with E-state index in [2.05, 4.69) is 21.6 Å². The number of allylic oxidation sites excluding steroid dienone is 1. The standard InChI is InChI=1S/C22H17Cl2N5O3/c1-2-22(13-3-5-14(23)6-4-13)9-15(10-22)29-21(31)32-17(27-29)11-28-12-26-19-18(20(28)30)16(24)7-8-25-19/h2-8,12,15H,1,9-11H2/t15-,22-. The minimum absolute atomic E-state index is 0.0499. The third kappa shape index (κ3) is 3.36.